The molecule has 1 N–H and O–H groups in total. The Morgan fingerprint density at radius 2 is 2.24 bits per heavy atom. The number of aromatic nitrogens is 2. The first-order valence-corrected chi connectivity index (χ1v) is 5.78. The van der Waals surface area contributed by atoms with Crippen LogP contribution in [0.5, 0.6) is 0 Å². The third-order valence-electron chi connectivity index (χ3n) is 2.22. The lowest BCUT2D eigenvalue weighted by molar-refractivity contribution is 0.0956. The lowest BCUT2D eigenvalue weighted by Crippen LogP contribution is -2.23. The second-order valence-electron chi connectivity index (χ2n) is 3.33. The van der Waals surface area contributed by atoms with E-state index in [0.29, 0.717) is 17.6 Å². The average Bonchev–Trinajstić information content (AvgIpc) is 2.29. The van der Waals surface area contributed by atoms with Crippen molar-refractivity contribution in [2.75, 3.05) is 6.54 Å². The number of hydrogen-bond donors (Lipinski definition) is 1. The number of nitrogens with zero attached hydrogens (tertiary/aromatic N) is 2. The molecule has 0 atom stereocenters. The Hall–Kier alpha value is -1.39. The summed E-state index contributed by atoms with van der Waals surface area (Å²) in [7, 11) is 0. The highest BCUT2D eigenvalue weighted by Crippen LogP contribution is 2.29. The minimum absolute atomic E-state index is 0.0622. The van der Waals surface area contributed by atoms with Crippen LogP contribution < -0.4 is 5.32 Å². The van der Waals surface area contributed by atoms with E-state index in [1.807, 2.05) is 6.92 Å². The summed E-state index contributed by atoms with van der Waals surface area (Å²) in [6.45, 7) is 2.31. The molecule has 2 heterocycles. The van der Waals surface area contributed by atoms with Crippen molar-refractivity contribution in [3.05, 3.63) is 34.1 Å². The number of halogens is 2. The Balaban J connectivity index is 2.67. The molecule has 0 saturated heterocycles. The monoisotopic (exact) mass is 269 g/mol. The van der Waals surface area contributed by atoms with Gasteiger partial charge in [-0.1, -0.05) is 23.2 Å². The van der Waals surface area contributed by atoms with Gasteiger partial charge in [-0.2, -0.15) is 0 Å². The molecule has 17 heavy (non-hydrogen) atoms. The van der Waals surface area contributed by atoms with Crippen LogP contribution in [0.15, 0.2) is 18.3 Å². The van der Waals surface area contributed by atoms with E-state index in [-0.39, 0.29) is 21.6 Å². The number of pyridine rings is 2. The van der Waals surface area contributed by atoms with Crippen molar-refractivity contribution in [3.8, 4) is 0 Å². The normalized spacial score (nSPS) is 10.5. The van der Waals surface area contributed by atoms with Gasteiger partial charge >= 0.3 is 0 Å². The second kappa shape index (κ2) is 4.85. The van der Waals surface area contributed by atoms with E-state index in [9.17, 15) is 4.79 Å². The molecule has 0 spiro atoms. The Morgan fingerprint density at radius 1 is 1.47 bits per heavy atom. The Morgan fingerprint density at radius 3 is 2.94 bits per heavy atom. The smallest absolute Gasteiger partial charge is 0.255 e. The minimum Gasteiger partial charge on any atom is -0.352 e. The fourth-order valence-electron chi connectivity index (χ4n) is 1.47. The van der Waals surface area contributed by atoms with E-state index in [0.717, 1.165) is 0 Å². The highest BCUT2D eigenvalue weighted by Gasteiger charge is 2.18. The number of hydrogen-bond acceptors (Lipinski definition) is 3. The molecule has 4 nitrogen and oxygen atoms in total. The summed E-state index contributed by atoms with van der Waals surface area (Å²) in [5.74, 6) is -0.333. The molecule has 0 fully saturated rings. The van der Waals surface area contributed by atoms with Crippen LogP contribution in [-0.2, 0) is 0 Å². The van der Waals surface area contributed by atoms with Crippen LogP contribution in [0, 0.1) is 0 Å². The van der Waals surface area contributed by atoms with Crippen LogP contribution >= 0.6 is 23.2 Å². The maximum absolute atomic E-state index is 11.8. The van der Waals surface area contributed by atoms with Gasteiger partial charge in [0, 0.05) is 18.1 Å². The van der Waals surface area contributed by atoms with Gasteiger partial charge in [0.15, 0.2) is 5.65 Å². The lowest BCUT2D eigenvalue weighted by atomic mass is 10.2. The van der Waals surface area contributed by atoms with Gasteiger partial charge in [0.05, 0.1) is 10.6 Å². The molecule has 1 amide bonds. The van der Waals surface area contributed by atoms with Crippen LogP contribution in [-0.4, -0.2) is 22.4 Å². The van der Waals surface area contributed by atoms with E-state index < -0.39 is 0 Å². The van der Waals surface area contributed by atoms with Crippen molar-refractivity contribution in [2.24, 2.45) is 0 Å². The highest BCUT2D eigenvalue weighted by atomic mass is 35.5. The first kappa shape index (κ1) is 12.1. The topological polar surface area (TPSA) is 54.9 Å². The number of fused-ring (bicyclic) bond motifs is 1. The first-order valence-electron chi connectivity index (χ1n) is 5.03. The van der Waals surface area contributed by atoms with Gasteiger partial charge in [0.1, 0.15) is 5.15 Å². The maximum Gasteiger partial charge on any atom is 0.255 e. The van der Waals surface area contributed by atoms with Gasteiger partial charge in [-0.15, -0.1) is 0 Å². The van der Waals surface area contributed by atoms with Crippen molar-refractivity contribution in [3.63, 3.8) is 0 Å². The summed E-state index contributed by atoms with van der Waals surface area (Å²) in [5, 5.41) is 3.59. The van der Waals surface area contributed by atoms with Crippen molar-refractivity contribution in [1.82, 2.24) is 15.3 Å². The van der Waals surface area contributed by atoms with Crippen LogP contribution in [0.3, 0.4) is 0 Å². The number of rotatable bonds is 2. The molecule has 0 aliphatic heterocycles. The van der Waals surface area contributed by atoms with E-state index in [1.54, 1.807) is 18.3 Å². The van der Waals surface area contributed by atoms with Gasteiger partial charge in [-0.3, -0.25) is 4.79 Å². The molecule has 6 heteroatoms. The predicted octanol–water partition coefficient (Wildman–Crippen LogP) is 2.69. The average molecular weight is 270 g/mol. The van der Waals surface area contributed by atoms with Crippen molar-refractivity contribution >= 4 is 40.1 Å². The molecule has 2 aromatic heterocycles. The zero-order chi connectivity index (χ0) is 12.4. The summed E-state index contributed by atoms with van der Waals surface area (Å²) >= 11 is 12.1. The predicted molar refractivity (Wildman–Crippen MR) is 67.6 cm³/mol. The maximum atomic E-state index is 11.8. The van der Waals surface area contributed by atoms with E-state index >= 15 is 0 Å². The Labute approximate surface area is 108 Å². The fraction of sp³-hybridized carbons (Fsp3) is 0.182. The zero-order valence-electron chi connectivity index (χ0n) is 9.00. The number of carbonyl (C=O) groups is 1. The van der Waals surface area contributed by atoms with Crippen LogP contribution in [0.4, 0.5) is 0 Å². The zero-order valence-corrected chi connectivity index (χ0v) is 10.5. The number of nitrogens with one attached hydrogen (secondary N) is 1. The molecule has 2 aromatic rings. The minimum atomic E-state index is -0.333. The van der Waals surface area contributed by atoms with Crippen molar-refractivity contribution in [2.45, 2.75) is 6.92 Å². The van der Waals surface area contributed by atoms with Gasteiger partial charge < -0.3 is 5.32 Å². The highest BCUT2D eigenvalue weighted by molar-refractivity contribution is 6.42. The molecule has 0 bridgehead atoms. The standard InChI is InChI=1S/C11H9Cl2N3O/c1-2-14-11(17)7-8(12)6-4-3-5-15-10(6)16-9(7)13/h3-5H,2H2,1H3,(H,14,17). The van der Waals surface area contributed by atoms with Gasteiger partial charge in [0.2, 0.25) is 0 Å². The first-order chi connectivity index (χ1) is 8.15. The quantitative estimate of drug-likeness (QED) is 0.853. The molecule has 0 aliphatic rings. The molecule has 0 unspecified atom stereocenters. The van der Waals surface area contributed by atoms with Gasteiger partial charge in [-0.05, 0) is 19.1 Å². The summed E-state index contributed by atoms with van der Waals surface area (Å²) < 4.78 is 0. The molecule has 0 saturated carbocycles. The lowest BCUT2D eigenvalue weighted by Gasteiger charge is -2.08. The molecule has 88 valence electrons. The van der Waals surface area contributed by atoms with Crippen LogP contribution in [0.1, 0.15) is 17.3 Å². The number of amides is 1. The van der Waals surface area contributed by atoms with E-state index in [1.165, 1.54) is 0 Å². The SMILES string of the molecule is CCNC(=O)c1c(Cl)nc2ncccc2c1Cl. The molecule has 0 aromatic carbocycles. The van der Waals surface area contributed by atoms with Crippen LogP contribution in [0.2, 0.25) is 10.2 Å². The van der Waals surface area contributed by atoms with E-state index in [2.05, 4.69) is 15.3 Å². The molecule has 0 radical (unpaired) electrons. The Kier molecular flexibility index (Phi) is 3.45. The van der Waals surface area contributed by atoms with Gasteiger partial charge in [-0.25, -0.2) is 9.97 Å². The third-order valence-corrected chi connectivity index (χ3v) is 2.88. The molecular weight excluding hydrogens is 261 g/mol. The summed E-state index contributed by atoms with van der Waals surface area (Å²) in [6.07, 6.45) is 1.59. The summed E-state index contributed by atoms with van der Waals surface area (Å²) in [5.41, 5.74) is 0.617. The molecule has 2 rings (SSSR count). The largest absolute Gasteiger partial charge is 0.352 e. The van der Waals surface area contributed by atoms with Crippen molar-refractivity contribution < 1.29 is 4.79 Å². The number of carbonyl (C=O) groups excluding carboxylic acids is 1. The fourth-order valence-corrected chi connectivity index (χ4v) is 2.11. The summed E-state index contributed by atoms with van der Waals surface area (Å²) in [4.78, 5) is 19.9. The van der Waals surface area contributed by atoms with Crippen LogP contribution in [0.25, 0.3) is 11.0 Å². The van der Waals surface area contributed by atoms with E-state index in [4.69, 9.17) is 23.2 Å². The summed E-state index contributed by atoms with van der Waals surface area (Å²) in [6, 6.07) is 3.47. The molecular formula is C11H9Cl2N3O. The van der Waals surface area contributed by atoms with Gasteiger partial charge in [0.25, 0.3) is 5.91 Å². The molecule has 0 aliphatic carbocycles. The third kappa shape index (κ3) is 2.18. The van der Waals surface area contributed by atoms with Crippen molar-refractivity contribution in [1.29, 1.82) is 0 Å². The Bertz CT molecular complexity index is 586. The second-order valence-corrected chi connectivity index (χ2v) is 4.06.